The zero-order chi connectivity index (χ0) is 23.9. The summed E-state index contributed by atoms with van der Waals surface area (Å²) < 4.78 is 5.41. The van der Waals surface area contributed by atoms with E-state index in [9.17, 15) is 9.59 Å². The minimum absolute atomic E-state index is 0.0766. The van der Waals surface area contributed by atoms with E-state index >= 15 is 0 Å². The van der Waals surface area contributed by atoms with Gasteiger partial charge in [0.25, 0.3) is 5.56 Å². The number of ketones is 1. The minimum Gasteiger partial charge on any atom is -0.379 e. The lowest BCUT2D eigenvalue weighted by atomic mass is 9.69. The maximum Gasteiger partial charge on any atom is 0.257 e. The molecule has 1 aliphatic carbocycles. The van der Waals surface area contributed by atoms with Crippen molar-refractivity contribution >= 4 is 35.0 Å². The first kappa shape index (κ1) is 23.6. The Bertz CT molecular complexity index is 1190. The molecule has 2 N–H and O–H groups in total. The summed E-state index contributed by atoms with van der Waals surface area (Å²) in [5, 5.41) is 4.58. The monoisotopic (exact) mass is 500 g/mol. The molecule has 0 saturated carbocycles. The summed E-state index contributed by atoms with van der Waals surface area (Å²) in [6, 6.07) is 7.38. The largest absolute Gasteiger partial charge is 0.379 e. The van der Waals surface area contributed by atoms with Gasteiger partial charge in [-0.25, -0.2) is 4.98 Å². The van der Waals surface area contributed by atoms with Crippen LogP contribution in [0.5, 0.6) is 0 Å². The molecule has 1 aromatic heterocycles. The molecule has 2 aromatic rings. The Kier molecular flexibility index (Phi) is 6.59. The standard InChI is InChI=1S/C25H29ClN4O3S/c1-25(2)13-17-20(18(31)14-25)19(15-3-5-16(26)6-4-15)21-22(27-17)28-24(29-23(21)32)34-12-9-30-7-10-33-11-8-30/h3-6,19H,7-14H2,1-2H3,(H2,27,28,29,32)/t19-/m1/s1. The van der Waals surface area contributed by atoms with Crippen molar-refractivity contribution in [3.63, 3.8) is 0 Å². The molecule has 2 aliphatic heterocycles. The molecule has 3 aliphatic rings. The van der Waals surface area contributed by atoms with Crippen molar-refractivity contribution in [3.8, 4) is 0 Å². The van der Waals surface area contributed by atoms with Gasteiger partial charge in [-0.05, 0) is 29.5 Å². The van der Waals surface area contributed by atoms with E-state index < -0.39 is 5.92 Å². The molecule has 180 valence electrons. The molecular weight excluding hydrogens is 472 g/mol. The van der Waals surface area contributed by atoms with Gasteiger partial charge in [0.15, 0.2) is 10.9 Å². The number of aromatic nitrogens is 2. The van der Waals surface area contributed by atoms with Gasteiger partial charge in [-0.1, -0.05) is 49.3 Å². The highest BCUT2D eigenvalue weighted by Crippen LogP contribution is 2.47. The second kappa shape index (κ2) is 9.49. The van der Waals surface area contributed by atoms with E-state index in [4.69, 9.17) is 21.3 Å². The van der Waals surface area contributed by atoms with Crippen LogP contribution in [0.25, 0.3) is 0 Å². The summed E-state index contributed by atoms with van der Waals surface area (Å²) in [4.78, 5) is 36.8. The molecule has 0 unspecified atom stereocenters. The molecule has 0 bridgehead atoms. The molecule has 0 amide bonds. The van der Waals surface area contributed by atoms with Crippen LogP contribution in [-0.2, 0) is 9.53 Å². The normalized spacial score (nSPS) is 22.2. The molecule has 0 radical (unpaired) electrons. The zero-order valence-corrected chi connectivity index (χ0v) is 21.0. The molecule has 9 heteroatoms. The van der Waals surface area contributed by atoms with Gasteiger partial charge in [-0.15, -0.1) is 0 Å². The number of allylic oxidation sites excluding steroid dienone is 2. The van der Waals surface area contributed by atoms with Crippen LogP contribution in [0.2, 0.25) is 5.02 Å². The molecule has 5 rings (SSSR count). The van der Waals surface area contributed by atoms with Crippen molar-refractivity contribution in [1.82, 2.24) is 14.9 Å². The average Bonchev–Trinajstić information content (AvgIpc) is 2.78. The van der Waals surface area contributed by atoms with E-state index in [0.29, 0.717) is 33.6 Å². The Morgan fingerprint density at radius 1 is 1.18 bits per heavy atom. The van der Waals surface area contributed by atoms with E-state index in [1.807, 2.05) is 12.1 Å². The van der Waals surface area contributed by atoms with Crippen LogP contribution in [0.1, 0.15) is 43.7 Å². The first-order chi connectivity index (χ1) is 16.3. The van der Waals surface area contributed by atoms with Crippen LogP contribution in [0.4, 0.5) is 5.82 Å². The van der Waals surface area contributed by atoms with E-state index in [1.165, 1.54) is 0 Å². The average molecular weight is 501 g/mol. The number of carbonyl (C=O) groups is 1. The van der Waals surface area contributed by atoms with Gasteiger partial charge in [0, 0.05) is 54.0 Å². The van der Waals surface area contributed by atoms with Crippen molar-refractivity contribution in [3.05, 3.63) is 62.0 Å². The summed E-state index contributed by atoms with van der Waals surface area (Å²) in [7, 11) is 0. The van der Waals surface area contributed by atoms with Gasteiger partial charge in [0.2, 0.25) is 0 Å². The maximum atomic E-state index is 13.4. The van der Waals surface area contributed by atoms with E-state index in [1.54, 1.807) is 23.9 Å². The number of halogens is 1. The third-order valence-electron chi connectivity index (χ3n) is 6.65. The summed E-state index contributed by atoms with van der Waals surface area (Å²) in [5.74, 6) is 0.979. The second-order valence-corrected chi connectivity index (χ2v) is 11.4. The SMILES string of the molecule is CC1(C)CC(=O)C2=C(C1)Nc1nc(SCCN3CCOCC3)[nH]c(=O)c1[C@@H]2c1ccc(Cl)cc1. The number of anilines is 1. The van der Waals surface area contributed by atoms with Crippen LogP contribution in [0.15, 0.2) is 45.5 Å². The number of hydrogen-bond acceptors (Lipinski definition) is 7. The van der Waals surface area contributed by atoms with Gasteiger partial charge in [-0.3, -0.25) is 14.5 Å². The molecule has 3 heterocycles. The minimum atomic E-state index is -0.462. The van der Waals surface area contributed by atoms with Gasteiger partial charge in [0.05, 0.1) is 18.8 Å². The number of fused-ring (bicyclic) bond motifs is 1. The molecule has 1 saturated heterocycles. The smallest absolute Gasteiger partial charge is 0.257 e. The maximum absolute atomic E-state index is 13.4. The number of rotatable bonds is 5. The number of nitrogens with zero attached hydrogens (tertiary/aromatic N) is 2. The van der Waals surface area contributed by atoms with Gasteiger partial charge in [0.1, 0.15) is 5.82 Å². The first-order valence-electron chi connectivity index (χ1n) is 11.7. The number of thioether (sulfide) groups is 1. The third kappa shape index (κ3) is 4.82. The first-order valence-corrected chi connectivity index (χ1v) is 13.0. The third-order valence-corrected chi connectivity index (χ3v) is 7.76. The van der Waals surface area contributed by atoms with Gasteiger partial charge in [-0.2, -0.15) is 0 Å². The Labute approximate surface area is 208 Å². The lowest BCUT2D eigenvalue weighted by molar-refractivity contribution is -0.118. The fraction of sp³-hybridized carbons (Fsp3) is 0.480. The number of ether oxygens (including phenoxy) is 1. The van der Waals surface area contributed by atoms with E-state index in [0.717, 1.165) is 56.3 Å². The van der Waals surface area contributed by atoms with Gasteiger partial charge >= 0.3 is 0 Å². The predicted molar refractivity (Wildman–Crippen MR) is 135 cm³/mol. The zero-order valence-electron chi connectivity index (χ0n) is 19.4. The van der Waals surface area contributed by atoms with Crippen molar-refractivity contribution in [2.45, 2.75) is 37.8 Å². The molecule has 7 nitrogen and oxygen atoms in total. The number of aromatic amines is 1. The number of benzene rings is 1. The summed E-state index contributed by atoms with van der Waals surface area (Å²) >= 11 is 7.67. The van der Waals surface area contributed by atoms with E-state index in [-0.39, 0.29) is 16.8 Å². The Morgan fingerprint density at radius 2 is 1.91 bits per heavy atom. The highest BCUT2D eigenvalue weighted by atomic mass is 35.5. The van der Waals surface area contributed by atoms with E-state index in [2.05, 4.69) is 29.0 Å². The number of carbonyl (C=O) groups excluding carboxylic acids is 1. The number of nitrogens with one attached hydrogen (secondary N) is 2. The Morgan fingerprint density at radius 3 is 2.65 bits per heavy atom. The number of morpholine rings is 1. The summed E-state index contributed by atoms with van der Waals surface area (Å²) in [6.07, 6.45) is 1.18. The summed E-state index contributed by atoms with van der Waals surface area (Å²) in [5.41, 5.74) is 2.54. The molecule has 1 aromatic carbocycles. The molecule has 0 spiro atoms. The summed E-state index contributed by atoms with van der Waals surface area (Å²) in [6.45, 7) is 8.50. The van der Waals surface area contributed by atoms with Gasteiger partial charge < -0.3 is 15.0 Å². The van der Waals surface area contributed by atoms with Crippen LogP contribution in [0, 0.1) is 5.41 Å². The van der Waals surface area contributed by atoms with Crippen molar-refractivity contribution in [2.75, 3.05) is 43.9 Å². The molecular formula is C25H29ClN4O3S. The molecule has 1 fully saturated rings. The van der Waals surface area contributed by atoms with Crippen LogP contribution in [-0.4, -0.2) is 59.3 Å². The van der Waals surface area contributed by atoms with Crippen LogP contribution >= 0.6 is 23.4 Å². The lowest BCUT2D eigenvalue weighted by Crippen LogP contribution is -2.37. The molecule has 1 atom stereocenters. The second-order valence-electron chi connectivity index (χ2n) is 9.88. The fourth-order valence-electron chi connectivity index (χ4n) is 5.05. The Hall–Kier alpha value is -2.13. The van der Waals surface area contributed by atoms with Crippen LogP contribution < -0.4 is 10.9 Å². The highest BCUT2D eigenvalue weighted by Gasteiger charge is 2.42. The molecule has 34 heavy (non-hydrogen) atoms. The quantitative estimate of drug-likeness (QED) is 0.473. The van der Waals surface area contributed by atoms with Crippen molar-refractivity contribution < 1.29 is 9.53 Å². The number of Topliss-reactive ketones (excluding diaryl/α,β-unsaturated/α-hetero) is 1. The van der Waals surface area contributed by atoms with Crippen molar-refractivity contribution in [1.29, 1.82) is 0 Å². The Balaban J connectivity index is 1.49. The number of H-pyrrole nitrogens is 1. The topological polar surface area (TPSA) is 87.3 Å². The fourth-order valence-corrected chi connectivity index (χ4v) is 6.04. The lowest BCUT2D eigenvalue weighted by Gasteiger charge is -2.38. The predicted octanol–water partition coefficient (Wildman–Crippen LogP) is 4.05. The number of hydrogen-bond donors (Lipinski definition) is 2. The van der Waals surface area contributed by atoms with Crippen LogP contribution in [0.3, 0.4) is 0 Å². The van der Waals surface area contributed by atoms with Crippen molar-refractivity contribution in [2.24, 2.45) is 5.41 Å². The highest BCUT2D eigenvalue weighted by molar-refractivity contribution is 7.99.